The van der Waals surface area contributed by atoms with Crippen molar-refractivity contribution in [2.75, 3.05) is 32.5 Å². The molecule has 31 heavy (non-hydrogen) atoms. The van der Waals surface area contributed by atoms with Gasteiger partial charge in [-0.25, -0.2) is 18.4 Å². The second-order valence-corrected chi connectivity index (χ2v) is 9.41. The molecule has 2 heterocycles. The standard InChI is InChI=1S/C20H19ClN2O7S/c1-26-16-8-12-14(9-17(16)27-6-3-7-31(2,24)25)22-10-23-20(12)30-18-13(21)4-5-15-19(18)29-11-28-15/h4-5,8-10H,3,6-7,11H2,1-2H3. The SMILES string of the molecule is COc1cc2c(Oc3c(Cl)ccc4c3OCO4)ncnc2cc1OCCCS(C)(=O)=O. The van der Waals surface area contributed by atoms with Crippen LogP contribution in [0.1, 0.15) is 6.42 Å². The van der Waals surface area contributed by atoms with E-state index < -0.39 is 9.84 Å². The summed E-state index contributed by atoms with van der Waals surface area (Å²) in [7, 11) is -1.55. The minimum absolute atomic E-state index is 0.0387. The molecule has 0 atom stereocenters. The molecule has 4 rings (SSSR count). The van der Waals surface area contributed by atoms with E-state index in [0.717, 1.165) is 0 Å². The lowest BCUT2D eigenvalue weighted by Crippen LogP contribution is -2.08. The third-order valence-corrected chi connectivity index (χ3v) is 5.77. The average molecular weight is 467 g/mol. The van der Waals surface area contributed by atoms with Gasteiger partial charge in [-0.3, -0.25) is 0 Å². The van der Waals surface area contributed by atoms with E-state index in [0.29, 0.717) is 45.3 Å². The Morgan fingerprint density at radius 2 is 2.00 bits per heavy atom. The zero-order valence-corrected chi connectivity index (χ0v) is 18.3. The van der Waals surface area contributed by atoms with Crippen LogP contribution < -0.4 is 23.7 Å². The van der Waals surface area contributed by atoms with Gasteiger partial charge in [0.15, 0.2) is 23.0 Å². The minimum Gasteiger partial charge on any atom is -0.493 e. The number of rotatable bonds is 8. The van der Waals surface area contributed by atoms with Crippen LogP contribution in [0.5, 0.6) is 34.6 Å². The monoisotopic (exact) mass is 466 g/mol. The molecule has 0 radical (unpaired) electrons. The van der Waals surface area contributed by atoms with Gasteiger partial charge < -0.3 is 23.7 Å². The first-order valence-electron chi connectivity index (χ1n) is 9.25. The van der Waals surface area contributed by atoms with E-state index in [1.807, 2.05) is 0 Å². The first-order chi connectivity index (χ1) is 14.9. The molecule has 0 bridgehead atoms. The van der Waals surface area contributed by atoms with E-state index in [1.165, 1.54) is 19.7 Å². The Bertz CT molecular complexity index is 1230. The van der Waals surface area contributed by atoms with E-state index in [9.17, 15) is 8.42 Å². The summed E-state index contributed by atoms with van der Waals surface area (Å²) in [6.07, 6.45) is 2.90. The summed E-state index contributed by atoms with van der Waals surface area (Å²) < 4.78 is 50.6. The molecule has 9 nitrogen and oxygen atoms in total. The summed E-state index contributed by atoms with van der Waals surface area (Å²) in [6.45, 7) is 0.289. The summed E-state index contributed by atoms with van der Waals surface area (Å²) in [4.78, 5) is 8.50. The lowest BCUT2D eigenvalue weighted by atomic mass is 10.2. The quantitative estimate of drug-likeness (QED) is 0.460. The van der Waals surface area contributed by atoms with Gasteiger partial charge in [0.1, 0.15) is 16.2 Å². The van der Waals surface area contributed by atoms with Crippen LogP contribution in [0.25, 0.3) is 10.9 Å². The van der Waals surface area contributed by atoms with Crippen LogP contribution in [0.15, 0.2) is 30.6 Å². The van der Waals surface area contributed by atoms with Crippen molar-refractivity contribution in [1.29, 1.82) is 0 Å². The average Bonchev–Trinajstić information content (AvgIpc) is 3.21. The fourth-order valence-electron chi connectivity index (χ4n) is 3.01. The summed E-state index contributed by atoms with van der Waals surface area (Å²) in [5.41, 5.74) is 0.546. The molecule has 0 unspecified atom stereocenters. The molecule has 2 aromatic carbocycles. The maximum absolute atomic E-state index is 11.3. The second kappa shape index (κ2) is 8.64. The molecule has 0 amide bonds. The predicted molar refractivity (Wildman–Crippen MR) is 114 cm³/mol. The number of nitrogens with zero attached hydrogens (tertiary/aromatic N) is 2. The van der Waals surface area contributed by atoms with Gasteiger partial charge in [0.05, 0.1) is 35.4 Å². The molecule has 0 spiro atoms. The number of fused-ring (bicyclic) bond motifs is 2. The molecule has 1 aromatic heterocycles. The lowest BCUT2D eigenvalue weighted by Gasteiger charge is -2.14. The number of ether oxygens (including phenoxy) is 5. The maximum Gasteiger partial charge on any atom is 0.231 e. The van der Waals surface area contributed by atoms with Gasteiger partial charge in [-0.2, -0.15) is 0 Å². The zero-order chi connectivity index (χ0) is 22.0. The van der Waals surface area contributed by atoms with Gasteiger partial charge in [0, 0.05) is 12.3 Å². The van der Waals surface area contributed by atoms with Gasteiger partial charge in [-0.05, 0) is 24.6 Å². The Morgan fingerprint density at radius 3 is 2.77 bits per heavy atom. The van der Waals surface area contributed by atoms with E-state index >= 15 is 0 Å². The van der Waals surface area contributed by atoms with Crippen LogP contribution >= 0.6 is 11.6 Å². The van der Waals surface area contributed by atoms with Crippen LogP contribution in [-0.2, 0) is 9.84 Å². The fourth-order valence-corrected chi connectivity index (χ4v) is 3.84. The number of halogens is 1. The van der Waals surface area contributed by atoms with Gasteiger partial charge in [0.25, 0.3) is 0 Å². The summed E-state index contributed by atoms with van der Waals surface area (Å²) in [5, 5.41) is 0.907. The Hall–Kier alpha value is -2.98. The highest BCUT2D eigenvalue weighted by Crippen LogP contribution is 2.47. The minimum atomic E-state index is -3.05. The van der Waals surface area contributed by atoms with Gasteiger partial charge >= 0.3 is 0 Å². The fraction of sp³-hybridized carbons (Fsp3) is 0.300. The van der Waals surface area contributed by atoms with Crippen molar-refractivity contribution in [2.24, 2.45) is 0 Å². The van der Waals surface area contributed by atoms with Crippen molar-refractivity contribution in [1.82, 2.24) is 9.97 Å². The molecule has 1 aliphatic heterocycles. The van der Waals surface area contributed by atoms with Gasteiger partial charge in [0.2, 0.25) is 18.4 Å². The largest absolute Gasteiger partial charge is 0.493 e. The molecule has 11 heteroatoms. The third kappa shape index (κ3) is 4.70. The molecule has 164 valence electrons. The predicted octanol–water partition coefficient (Wildman–Crippen LogP) is 3.63. The van der Waals surface area contributed by atoms with E-state index in [2.05, 4.69) is 9.97 Å². The first kappa shape index (κ1) is 21.3. The molecular weight excluding hydrogens is 448 g/mol. The van der Waals surface area contributed by atoms with Crippen LogP contribution in [0, 0.1) is 0 Å². The Morgan fingerprint density at radius 1 is 1.16 bits per heavy atom. The number of methoxy groups -OCH3 is 1. The molecule has 0 N–H and O–H groups in total. The highest BCUT2D eigenvalue weighted by Gasteiger charge is 2.24. The molecule has 1 aliphatic rings. The third-order valence-electron chi connectivity index (χ3n) is 4.45. The zero-order valence-electron chi connectivity index (χ0n) is 16.8. The highest BCUT2D eigenvalue weighted by atomic mass is 35.5. The lowest BCUT2D eigenvalue weighted by molar-refractivity contribution is 0.171. The van der Waals surface area contributed by atoms with E-state index in [1.54, 1.807) is 24.3 Å². The van der Waals surface area contributed by atoms with Crippen LogP contribution in [0.2, 0.25) is 5.02 Å². The molecule has 0 fully saturated rings. The summed E-state index contributed by atoms with van der Waals surface area (Å²) in [5.74, 6) is 2.36. The van der Waals surface area contributed by atoms with Crippen LogP contribution in [0.3, 0.4) is 0 Å². The Labute approximate surface area is 183 Å². The number of benzene rings is 2. The smallest absolute Gasteiger partial charge is 0.231 e. The van der Waals surface area contributed by atoms with Gasteiger partial charge in [-0.1, -0.05) is 11.6 Å². The topological polar surface area (TPSA) is 106 Å². The first-order valence-corrected chi connectivity index (χ1v) is 11.7. The van der Waals surface area contributed by atoms with Crippen LogP contribution in [-0.4, -0.2) is 50.9 Å². The molecule has 3 aromatic rings. The molecule has 0 saturated heterocycles. The van der Waals surface area contributed by atoms with Crippen LogP contribution in [0.4, 0.5) is 0 Å². The van der Waals surface area contributed by atoms with Crippen molar-refractivity contribution in [2.45, 2.75) is 6.42 Å². The number of hydrogen-bond acceptors (Lipinski definition) is 9. The molecule has 0 saturated carbocycles. The van der Waals surface area contributed by atoms with E-state index in [-0.39, 0.29) is 30.8 Å². The molecule has 0 aliphatic carbocycles. The summed E-state index contributed by atoms with van der Waals surface area (Å²) >= 11 is 6.30. The number of hydrogen-bond donors (Lipinski definition) is 0. The van der Waals surface area contributed by atoms with Crippen molar-refractivity contribution < 1.29 is 32.1 Å². The van der Waals surface area contributed by atoms with E-state index in [4.69, 9.17) is 35.3 Å². The van der Waals surface area contributed by atoms with Crippen molar-refractivity contribution in [3.63, 3.8) is 0 Å². The Kier molecular flexibility index (Phi) is 5.92. The second-order valence-electron chi connectivity index (χ2n) is 6.74. The summed E-state index contributed by atoms with van der Waals surface area (Å²) in [6, 6.07) is 6.72. The van der Waals surface area contributed by atoms with Crippen molar-refractivity contribution in [3.8, 4) is 34.6 Å². The van der Waals surface area contributed by atoms with Crippen molar-refractivity contribution >= 4 is 32.3 Å². The number of sulfone groups is 1. The number of aromatic nitrogens is 2. The normalized spacial score (nSPS) is 12.7. The van der Waals surface area contributed by atoms with Crippen molar-refractivity contribution in [3.05, 3.63) is 35.6 Å². The Balaban J connectivity index is 1.64. The highest BCUT2D eigenvalue weighted by molar-refractivity contribution is 7.90. The van der Waals surface area contributed by atoms with Gasteiger partial charge in [-0.15, -0.1) is 0 Å². The maximum atomic E-state index is 11.3. The molecular formula is C20H19ClN2O7S.